The minimum Gasteiger partial charge on any atom is -0.204 e. The molecule has 0 nitrogen and oxygen atoms in total. The van der Waals surface area contributed by atoms with Gasteiger partial charge in [-0.1, -0.05) is 31.1 Å². The van der Waals surface area contributed by atoms with Crippen LogP contribution in [0, 0.1) is 29.4 Å². The van der Waals surface area contributed by atoms with Gasteiger partial charge in [-0.2, -0.15) is 0 Å². The molecule has 138 valence electrons. The second kappa shape index (κ2) is 8.96. The standard InChI is InChI=1S/C23H32F2/c1-2-3-17-4-6-18(7-5-17)8-9-19-10-12-20(13-11-19)21-14-15-22(24)23(25)16-21/h2-3,14-20H,4-13H2,1H3/b3-2+/t17-,18-,19-,20-. The van der Waals surface area contributed by atoms with Gasteiger partial charge in [-0.25, -0.2) is 8.78 Å². The van der Waals surface area contributed by atoms with Crippen molar-refractivity contribution < 1.29 is 8.78 Å². The van der Waals surface area contributed by atoms with E-state index in [0.717, 1.165) is 36.2 Å². The third-order valence-electron chi connectivity index (χ3n) is 6.60. The van der Waals surface area contributed by atoms with E-state index in [9.17, 15) is 8.78 Å². The minimum absolute atomic E-state index is 0.419. The van der Waals surface area contributed by atoms with Gasteiger partial charge < -0.3 is 0 Å². The summed E-state index contributed by atoms with van der Waals surface area (Å²) in [7, 11) is 0. The smallest absolute Gasteiger partial charge is 0.159 e. The van der Waals surface area contributed by atoms with Gasteiger partial charge in [0.2, 0.25) is 0 Å². The van der Waals surface area contributed by atoms with Crippen molar-refractivity contribution >= 4 is 0 Å². The van der Waals surface area contributed by atoms with Crippen molar-refractivity contribution in [2.24, 2.45) is 17.8 Å². The number of benzene rings is 1. The third kappa shape index (κ3) is 5.15. The van der Waals surface area contributed by atoms with Crippen molar-refractivity contribution in [2.75, 3.05) is 0 Å². The summed E-state index contributed by atoms with van der Waals surface area (Å²) in [5, 5.41) is 0. The summed E-state index contributed by atoms with van der Waals surface area (Å²) >= 11 is 0. The Balaban J connectivity index is 1.39. The molecule has 0 aliphatic heterocycles. The van der Waals surface area contributed by atoms with Crippen molar-refractivity contribution in [3.63, 3.8) is 0 Å². The molecule has 0 saturated heterocycles. The van der Waals surface area contributed by atoms with Crippen LogP contribution in [-0.2, 0) is 0 Å². The lowest BCUT2D eigenvalue weighted by molar-refractivity contribution is 0.246. The molecule has 25 heavy (non-hydrogen) atoms. The third-order valence-corrected chi connectivity index (χ3v) is 6.60. The Morgan fingerprint density at radius 3 is 2.00 bits per heavy atom. The normalized spacial score (nSPS) is 30.7. The first kappa shape index (κ1) is 18.6. The van der Waals surface area contributed by atoms with Gasteiger partial charge in [0, 0.05) is 0 Å². The Labute approximate surface area is 151 Å². The van der Waals surface area contributed by atoms with Crippen molar-refractivity contribution in [2.45, 2.75) is 77.0 Å². The molecule has 1 aromatic rings. The highest BCUT2D eigenvalue weighted by atomic mass is 19.2. The first-order valence-corrected chi connectivity index (χ1v) is 10.2. The number of hydrogen-bond donors (Lipinski definition) is 0. The van der Waals surface area contributed by atoms with Gasteiger partial charge in [0.1, 0.15) is 0 Å². The molecular formula is C23H32F2. The van der Waals surface area contributed by atoms with Crippen LogP contribution in [0.2, 0.25) is 0 Å². The second-order valence-electron chi connectivity index (χ2n) is 8.28. The monoisotopic (exact) mass is 346 g/mol. The van der Waals surface area contributed by atoms with E-state index in [1.54, 1.807) is 6.07 Å². The first-order valence-electron chi connectivity index (χ1n) is 10.2. The Hall–Kier alpha value is -1.18. The van der Waals surface area contributed by atoms with Crippen LogP contribution in [0.15, 0.2) is 30.4 Å². The number of hydrogen-bond acceptors (Lipinski definition) is 0. The fourth-order valence-electron chi connectivity index (χ4n) is 4.96. The van der Waals surface area contributed by atoms with Gasteiger partial charge in [0.25, 0.3) is 0 Å². The molecule has 0 radical (unpaired) electrons. The Bertz CT molecular complexity index is 561. The van der Waals surface area contributed by atoms with Crippen LogP contribution >= 0.6 is 0 Å². The predicted molar refractivity (Wildman–Crippen MR) is 101 cm³/mol. The molecule has 2 fully saturated rings. The van der Waals surface area contributed by atoms with E-state index in [1.807, 2.05) is 0 Å². The molecule has 0 atom stereocenters. The van der Waals surface area contributed by atoms with Crippen molar-refractivity contribution in [1.82, 2.24) is 0 Å². The first-order chi connectivity index (χ1) is 12.2. The van der Waals surface area contributed by atoms with Gasteiger partial charge in [0.05, 0.1) is 0 Å². The molecule has 0 amide bonds. The van der Waals surface area contributed by atoms with Crippen LogP contribution in [0.1, 0.15) is 82.6 Å². The summed E-state index contributed by atoms with van der Waals surface area (Å²) in [6.07, 6.45) is 17.6. The van der Waals surface area contributed by atoms with E-state index in [4.69, 9.17) is 0 Å². The lowest BCUT2D eigenvalue weighted by atomic mass is 9.74. The SMILES string of the molecule is C/C=C/[C@H]1CC[C@H](CC[C@H]2CC[C@H](c3ccc(F)c(F)c3)CC2)CC1. The van der Waals surface area contributed by atoms with Gasteiger partial charge in [-0.3, -0.25) is 0 Å². The summed E-state index contributed by atoms with van der Waals surface area (Å²) in [5.74, 6) is 1.59. The largest absolute Gasteiger partial charge is 0.204 e. The van der Waals surface area contributed by atoms with Gasteiger partial charge >= 0.3 is 0 Å². The molecule has 2 aliphatic carbocycles. The Morgan fingerprint density at radius 2 is 1.44 bits per heavy atom. The molecule has 2 aliphatic rings. The van der Waals surface area contributed by atoms with Crippen molar-refractivity contribution in [1.29, 1.82) is 0 Å². The molecule has 0 bridgehead atoms. The van der Waals surface area contributed by atoms with E-state index < -0.39 is 11.6 Å². The van der Waals surface area contributed by atoms with E-state index >= 15 is 0 Å². The summed E-state index contributed by atoms with van der Waals surface area (Å²) in [4.78, 5) is 0. The van der Waals surface area contributed by atoms with E-state index in [0.29, 0.717) is 5.92 Å². The van der Waals surface area contributed by atoms with Gasteiger partial charge in [-0.05, 0) is 99.7 Å². The van der Waals surface area contributed by atoms with E-state index in [2.05, 4.69) is 19.1 Å². The average Bonchev–Trinajstić information content (AvgIpc) is 2.64. The van der Waals surface area contributed by atoms with Crippen molar-refractivity contribution in [3.8, 4) is 0 Å². The van der Waals surface area contributed by atoms with Crippen LogP contribution in [0.5, 0.6) is 0 Å². The Morgan fingerprint density at radius 1 is 0.840 bits per heavy atom. The van der Waals surface area contributed by atoms with Gasteiger partial charge in [-0.15, -0.1) is 0 Å². The summed E-state index contributed by atoms with van der Waals surface area (Å²) < 4.78 is 26.5. The lowest BCUT2D eigenvalue weighted by Crippen LogP contribution is -2.17. The zero-order valence-corrected chi connectivity index (χ0v) is 15.5. The second-order valence-corrected chi connectivity index (χ2v) is 8.28. The molecule has 0 heterocycles. The molecule has 3 rings (SSSR count). The fraction of sp³-hybridized carbons (Fsp3) is 0.652. The predicted octanol–water partition coefficient (Wildman–Crippen LogP) is 7.40. The number of rotatable bonds is 5. The summed E-state index contributed by atoms with van der Waals surface area (Å²) in [6.45, 7) is 2.13. The maximum absolute atomic E-state index is 13.4. The van der Waals surface area contributed by atoms with Crippen molar-refractivity contribution in [3.05, 3.63) is 47.5 Å². The number of halogens is 2. The highest BCUT2D eigenvalue weighted by molar-refractivity contribution is 5.22. The zero-order valence-electron chi connectivity index (χ0n) is 15.5. The Kier molecular flexibility index (Phi) is 6.67. The molecule has 0 N–H and O–H groups in total. The molecule has 0 aromatic heterocycles. The van der Waals surface area contributed by atoms with Crippen LogP contribution in [0.25, 0.3) is 0 Å². The summed E-state index contributed by atoms with van der Waals surface area (Å²) in [6, 6.07) is 4.46. The van der Waals surface area contributed by atoms with E-state index in [-0.39, 0.29) is 0 Å². The maximum atomic E-state index is 13.4. The number of allylic oxidation sites excluding steroid dienone is 2. The molecular weight excluding hydrogens is 314 g/mol. The average molecular weight is 347 g/mol. The topological polar surface area (TPSA) is 0 Å². The maximum Gasteiger partial charge on any atom is 0.159 e. The summed E-state index contributed by atoms with van der Waals surface area (Å²) in [5.41, 5.74) is 0.986. The molecule has 0 spiro atoms. The van der Waals surface area contributed by atoms with Crippen LogP contribution in [0.3, 0.4) is 0 Å². The highest BCUT2D eigenvalue weighted by Gasteiger charge is 2.25. The molecule has 1 aromatic carbocycles. The molecule has 0 unspecified atom stereocenters. The minimum atomic E-state index is -0.735. The highest BCUT2D eigenvalue weighted by Crippen LogP contribution is 2.40. The van der Waals surface area contributed by atoms with Crippen LogP contribution in [-0.4, -0.2) is 0 Å². The lowest BCUT2D eigenvalue weighted by Gasteiger charge is -2.31. The van der Waals surface area contributed by atoms with Gasteiger partial charge in [0.15, 0.2) is 11.6 Å². The quantitative estimate of drug-likeness (QED) is 0.487. The fourth-order valence-corrected chi connectivity index (χ4v) is 4.96. The van der Waals surface area contributed by atoms with Crippen LogP contribution in [0.4, 0.5) is 8.78 Å². The molecule has 2 heteroatoms. The van der Waals surface area contributed by atoms with E-state index in [1.165, 1.54) is 63.5 Å². The zero-order chi connectivity index (χ0) is 17.6. The molecule has 2 saturated carbocycles. The van der Waals surface area contributed by atoms with Crippen LogP contribution < -0.4 is 0 Å².